The first-order chi connectivity index (χ1) is 11.1. The van der Waals surface area contributed by atoms with E-state index in [-0.39, 0.29) is 5.91 Å². The Morgan fingerprint density at radius 1 is 1.35 bits per heavy atom. The lowest BCUT2D eigenvalue weighted by molar-refractivity contribution is -0.126. The zero-order valence-corrected chi connectivity index (χ0v) is 13.4. The predicted octanol–water partition coefficient (Wildman–Crippen LogP) is 3.33. The normalized spacial score (nSPS) is 16.1. The molecule has 1 aromatic heterocycles. The summed E-state index contributed by atoms with van der Waals surface area (Å²) in [6.07, 6.45) is 5.06. The molecule has 1 aliphatic rings. The summed E-state index contributed by atoms with van der Waals surface area (Å²) in [5.41, 5.74) is 7.27. The quantitative estimate of drug-likeness (QED) is 0.876. The highest BCUT2D eigenvalue weighted by molar-refractivity contribution is 6.32. The summed E-state index contributed by atoms with van der Waals surface area (Å²) in [5.74, 6) is 0.636. The predicted molar refractivity (Wildman–Crippen MR) is 90.0 cm³/mol. The highest BCUT2D eigenvalue weighted by Gasteiger charge is 2.24. The van der Waals surface area contributed by atoms with Crippen LogP contribution in [0.15, 0.2) is 40.9 Å². The van der Waals surface area contributed by atoms with Crippen molar-refractivity contribution in [3.63, 3.8) is 0 Å². The Hall–Kier alpha value is -2.27. The summed E-state index contributed by atoms with van der Waals surface area (Å²) in [4.78, 5) is 14.1. The van der Waals surface area contributed by atoms with Gasteiger partial charge in [-0.1, -0.05) is 35.0 Å². The Labute approximate surface area is 139 Å². The Morgan fingerprint density at radius 3 is 2.74 bits per heavy atom. The van der Waals surface area contributed by atoms with E-state index in [0.717, 1.165) is 24.1 Å². The van der Waals surface area contributed by atoms with E-state index in [0.29, 0.717) is 29.9 Å². The second kappa shape index (κ2) is 6.87. The molecule has 23 heavy (non-hydrogen) atoms. The number of likely N-dealkylation sites (tertiary alicyclic amines) is 1. The van der Waals surface area contributed by atoms with Crippen molar-refractivity contribution in [1.82, 2.24) is 10.1 Å². The van der Waals surface area contributed by atoms with Gasteiger partial charge in [-0.3, -0.25) is 4.79 Å². The monoisotopic (exact) mass is 331 g/mol. The fourth-order valence-electron chi connectivity index (χ4n) is 2.77. The van der Waals surface area contributed by atoms with Crippen molar-refractivity contribution < 1.29 is 9.32 Å². The van der Waals surface area contributed by atoms with Crippen molar-refractivity contribution in [2.45, 2.75) is 18.8 Å². The smallest absolute Gasteiger partial charge is 0.246 e. The zero-order valence-electron chi connectivity index (χ0n) is 12.6. The van der Waals surface area contributed by atoms with Crippen molar-refractivity contribution >= 4 is 29.5 Å². The minimum atomic E-state index is 0.00281. The van der Waals surface area contributed by atoms with E-state index in [9.17, 15) is 4.79 Å². The first kappa shape index (κ1) is 15.6. The molecular weight excluding hydrogens is 314 g/mol. The van der Waals surface area contributed by atoms with Crippen LogP contribution in [-0.4, -0.2) is 29.1 Å². The van der Waals surface area contributed by atoms with Crippen LogP contribution in [0.4, 0.5) is 5.88 Å². The summed E-state index contributed by atoms with van der Waals surface area (Å²) in [5, 5.41) is 4.60. The Bertz CT molecular complexity index is 718. The first-order valence-electron chi connectivity index (χ1n) is 7.57. The Morgan fingerprint density at radius 2 is 2.09 bits per heavy atom. The first-order valence-corrected chi connectivity index (χ1v) is 7.95. The third kappa shape index (κ3) is 3.74. The molecule has 3 rings (SSSR count). The second-order valence-corrected chi connectivity index (χ2v) is 6.02. The minimum absolute atomic E-state index is 0.00281. The summed E-state index contributed by atoms with van der Waals surface area (Å²) in [6, 6.07) is 9.21. The molecule has 120 valence electrons. The molecule has 0 aliphatic carbocycles. The van der Waals surface area contributed by atoms with Crippen molar-refractivity contribution in [2.24, 2.45) is 0 Å². The number of rotatable bonds is 3. The molecule has 0 radical (unpaired) electrons. The fourth-order valence-corrected chi connectivity index (χ4v) is 2.97. The topological polar surface area (TPSA) is 72.4 Å². The molecule has 6 heteroatoms. The van der Waals surface area contributed by atoms with Gasteiger partial charge in [0.15, 0.2) is 0 Å². The van der Waals surface area contributed by atoms with Crippen molar-refractivity contribution in [1.29, 1.82) is 0 Å². The van der Waals surface area contributed by atoms with Crippen LogP contribution in [0.5, 0.6) is 0 Å². The molecule has 1 amide bonds. The van der Waals surface area contributed by atoms with E-state index in [1.54, 1.807) is 24.3 Å². The minimum Gasteiger partial charge on any atom is -0.368 e. The molecular formula is C17H18ClN3O2. The van der Waals surface area contributed by atoms with E-state index in [1.807, 2.05) is 23.1 Å². The average Bonchev–Trinajstić information content (AvgIpc) is 3.00. The number of benzene rings is 1. The molecule has 0 spiro atoms. The number of nitrogen functional groups attached to an aromatic ring is 1. The third-order valence-corrected chi connectivity index (χ3v) is 4.43. The van der Waals surface area contributed by atoms with Crippen LogP contribution in [0.2, 0.25) is 5.02 Å². The molecule has 2 heterocycles. The molecule has 0 bridgehead atoms. The molecule has 1 aliphatic heterocycles. The fraction of sp³-hybridized carbons (Fsp3) is 0.294. The summed E-state index contributed by atoms with van der Waals surface area (Å²) in [7, 11) is 0. The van der Waals surface area contributed by atoms with Gasteiger partial charge in [-0.05, 0) is 30.5 Å². The molecule has 0 saturated carbocycles. The van der Waals surface area contributed by atoms with Crippen LogP contribution in [0, 0.1) is 0 Å². The van der Waals surface area contributed by atoms with Gasteiger partial charge in [0.1, 0.15) is 0 Å². The van der Waals surface area contributed by atoms with Crippen LogP contribution in [0.25, 0.3) is 6.08 Å². The number of carbonyl (C=O) groups excluding carboxylic acids is 1. The lowest BCUT2D eigenvalue weighted by atomic mass is 9.93. The molecule has 5 nitrogen and oxygen atoms in total. The van der Waals surface area contributed by atoms with Crippen LogP contribution in [0.3, 0.4) is 0 Å². The van der Waals surface area contributed by atoms with Gasteiger partial charge < -0.3 is 15.2 Å². The number of amides is 1. The highest BCUT2D eigenvalue weighted by Crippen LogP contribution is 2.28. The lowest BCUT2D eigenvalue weighted by Gasteiger charge is -2.30. The second-order valence-electron chi connectivity index (χ2n) is 5.61. The number of hydrogen-bond acceptors (Lipinski definition) is 4. The molecule has 1 aromatic carbocycles. The molecule has 2 aromatic rings. The number of aromatic nitrogens is 1. The van der Waals surface area contributed by atoms with Gasteiger partial charge >= 0.3 is 0 Å². The third-order valence-electron chi connectivity index (χ3n) is 4.08. The number of carbonyl (C=O) groups is 1. The van der Waals surface area contributed by atoms with E-state index in [2.05, 4.69) is 5.16 Å². The van der Waals surface area contributed by atoms with E-state index >= 15 is 0 Å². The highest BCUT2D eigenvalue weighted by atomic mass is 35.5. The van der Waals surface area contributed by atoms with Crippen LogP contribution in [-0.2, 0) is 4.79 Å². The van der Waals surface area contributed by atoms with Crippen molar-refractivity contribution in [2.75, 3.05) is 18.8 Å². The van der Waals surface area contributed by atoms with Crippen LogP contribution < -0.4 is 5.73 Å². The van der Waals surface area contributed by atoms with Gasteiger partial charge in [-0.25, -0.2) is 0 Å². The molecule has 1 saturated heterocycles. The number of nitrogens with zero attached hydrogens (tertiary/aromatic N) is 2. The van der Waals surface area contributed by atoms with Crippen LogP contribution >= 0.6 is 11.6 Å². The van der Waals surface area contributed by atoms with Gasteiger partial charge in [0.05, 0.1) is 5.69 Å². The van der Waals surface area contributed by atoms with Crippen molar-refractivity contribution in [3.05, 3.63) is 52.7 Å². The molecule has 0 unspecified atom stereocenters. The number of piperidine rings is 1. The summed E-state index contributed by atoms with van der Waals surface area (Å²) in [6.45, 7) is 1.40. The van der Waals surface area contributed by atoms with Crippen molar-refractivity contribution in [3.8, 4) is 0 Å². The van der Waals surface area contributed by atoms with E-state index in [1.165, 1.54) is 0 Å². The standard InChI is InChI=1S/C17H18ClN3O2/c18-14-4-2-1-3-12(14)5-6-17(22)21-9-7-13(8-10-21)15-11-16(19)23-20-15/h1-6,11,13H,7-10,19H2/b6-5+. The van der Waals surface area contributed by atoms with E-state index < -0.39 is 0 Å². The van der Waals surface area contributed by atoms with Gasteiger partial charge in [-0.2, -0.15) is 0 Å². The van der Waals surface area contributed by atoms with Gasteiger partial charge in [0.2, 0.25) is 11.8 Å². The molecule has 1 fully saturated rings. The number of halogens is 1. The lowest BCUT2D eigenvalue weighted by Crippen LogP contribution is -2.36. The molecule has 0 atom stereocenters. The summed E-state index contributed by atoms with van der Waals surface area (Å²) < 4.78 is 4.91. The molecule has 2 N–H and O–H groups in total. The maximum Gasteiger partial charge on any atom is 0.246 e. The van der Waals surface area contributed by atoms with Crippen LogP contribution in [0.1, 0.15) is 30.0 Å². The maximum atomic E-state index is 12.3. The van der Waals surface area contributed by atoms with Gasteiger partial charge in [-0.15, -0.1) is 0 Å². The Balaban J connectivity index is 1.57. The summed E-state index contributed by atoms with van der Waals surface area (Å²) >= 11 is 6.08. The number of anilines is 1. The maximum absolute atomic E-state index is 12.3. The largest absolute Gasteiger partial charge is 0.368 e. The number of hydrogen-bond donors (Lipinski definition) is 1. The van der Waals surface area contributed by atoms with Gasteiger partial charge in [0.25, 0.3) is 0 Å². The SMILES string of the molecule is Nc1cc(C2CCN(C(=O)/C=C/c3ccccc3Cl)CC2)no1. The Kier molecular flexibility index (Phi) is 4.67. The zero-order chi connectivity index (χ0) is 16.2. The van der Waals surface area contributed by atoms with E-state index in [4.69, 9.17) is 21.9 Å². The average molecular weight is 332 g/mol. The number of nitrogens with two attached hydrogens (primary N) is 1. The van der Waals surface area contributed by atoms with Gasteiger partial charge in [0, 0.05) is 36.2 Å².